The summed E-state index contributed by atoms with van der Waals surface area (Å²) < 4.78 is 0. The molecule has 0 rings (SSSR count). The number of rotatable bonds is 4. The highest BCUT2D eigenvalue weighted by molar-refractivity contribution is 4.93. The predicted octanol–water partition coefficient (Wildman–Crippen LogP) is 2.50. The Bertz CT molecular complexity index is 101. The van der Waals surface area contributed by atoms with Crippen LogP contribution >= 0.6 is 0 Å². The van der Waals surface area contributed by atoms with Gasteiger partial charge in [0.2, 0.25) is 0 Å². The second-order valence-electron chi connectivity index (χ2n) is 2.96. The molecule has 60 valence electrons. The zero-order chi connectivity index (χ0) is 7.98. The van der Waals surface area contributed by atoms with Crippen molar-refractivity contribution in [3.8, 4) is 0 Å². The Morgan fingerprint density at radius 3 is 2.50 bits per heavy atom. The molecule has 0 aliphatic heterocycles. The molecule has 0 radical (unpaired) electrons. The standard InChI is InChI=1S/C9H18O/c1-4-5-9(10)7-6-8(2)3/h6,9-10H,4-5,7H2,1-3H3. The van der Waals surface area contributed by atoms with Crippen molar-refractivity contribution in [3.05, 3.63) is 11.6 Å². The normalized spacial score (nSPS) is 12.8. The average Bonchev–Trinajstić information content (AvgIpc) is 1.85. The fourth-order valence-electron chi connectivity index (χ4n) is 0.823. The molecule has 0 fully saturated rings. The van der Waals surface area contributed by atoms with Gasteiger partial charge in [-0.25, -0.2) is 0 Å². The van der Waals surface area contributed by atoms with E-state index in [2.05, 4.69) is 26.8 Å². The highest BCUT2D eigenvalue weighted by atomic mass is 16.3. The molecule has 0 aliphatic rings. The van der Waals surface area contributed by atoms with Gasteiger partial charge in [0.05, 0.1) is 6.10 Å². The third-order valence-electron chi connectivity index (χ3n) is 1.42. The summed E-state index contributed by atoms with van der Waals surface area (Å²) in [5.74, 6) is 0. The van der Waals surface area contributed by atoms with Crippen LogP contribution in [0.15, 0.2) is 11.6 Å². The minimum atomic E-state index is -0.125. The van der Waals surface area contributed by atoms with Gasteiger partial charge in [0, 0.05) is 0 Å². The van der Waals surface area contributed by atoms with Crippen LogP contribution in [0, 0.1) is 0 Å². The van der Waals surface area contributed by atoms with Gasteiger partial charge in [0.15, 0.2) is 0 Å². The zero-order valence-corrected chi connectivity index (χ0v) is 7.22. The van der Waals surface area contributed by atoms with Crippen LogP contribution in [0.2, 0.25) is 0 Å². The van der Waals surface area contributed by atoms with Crippen molar-refractivity contribution < 1.29 is 5.11 Å². The van der Waals surface area contributed by atoms with Crippen molar-refractivity contribution in [3.63, 3.8) is 0 Å². The molecular formula is C9H18O. The first-order valence-electron chi connectivity index (χ1n) is 3.98. The summed E-state index contributed by atoms with van der Waals surface area (Å²) in [6.45, 7) is 6.20. The first-order valence-corrected chi connectivity index (χ1v) is 3.98. The fraction of sp³-hybridized carbons (Fsp3) is 0.778. The summed E-state index contributed by atoms with van der Waals surface area (Å²) in [4.78, 5) is 0. The molecule has 1 N–H and O–H groups in total. The molecule has 10 heavy (non-hydrogen) atoms. The van der Waals surface area contributed by atoms with Crippen LogP contribution in [0.3, 0.4) is 0 Å². The Hall–Kier alpha value is -0.300. The quantitative estimate of drug-likeness (QED) is 0.598. The second kappa shape index (κ2) is 5.48. The Morgan fingerprint density at radius 2 is 2.10 bits per heavy atom. The molecule has 0 aromatic rings. The highest BCUT2D eigenvalue weighted by Crippen LogP contribution is 2.03. The maximum atomic E-state index is 9.25. The van der Waals surface area contributed by atoms with E-state index in [0.29, 0.717) is 0 Å². The van der Waals surface area contributed by atoms with E-state index in [1.807, 2.05) is 0 Å². The number of aliphatic hydroxyl groups is 1. The van der Waals surface area contributed by atoms with Gasteiger partial charge in [-0.05, 0) is 26.7 Å². The van der Waals surface area contributed by atoms with Gasteiger partial charge < -0.3 is 5.11 Å². The van der Waals surface area contributed by atoms with Crippen LogP contribution in [0.4, 0.5) is 0 Å². The highest BCUT2D eigenvalue weighted by Gasteiger charge is 1.97. The van der Waals surface area contributed by atoms with Crippen LogP contribution in [0.5, 0.6) is 0 Å². The van der Waals surface area contributed by atoms with E-state index < -0.39 is 0 Å². The van der Waals surface area contributed by atoms with Crippen LogP contribution in [0.25, 0.3) is 0 Å². The molecule has 0 aliphatic carbocycles. The van der Waals surface area contributed by atoms with Crippen LogP contribution < -0.4 is 0 Å². The predicted molar refractivity (Wildman–Crippen MR) is 45.0 cm³/mol. The third kappa shape index (κ3) is 5.83. The molecule has 0 bridgehead atoms. The van der Waals surface area contributed by atoms with Crippen LogP contribution in [-0.4, -0.2) is 11.2 Å². The van der Waals surface area contributed by atoms with Crippen LogP contribution in [0.1, 0.15) is 40.0 Å². The lowest BCUT2D eigenvalue weighted by Gasteiger charge is -2.04. The molecule has 0 spiro atoms. The zero-order valence-electron chi connectivity index (χ0n) is 7.22. The Labute approximate surface area is 63.8 Å². The monoisotopic (exact) mass is 142 g/mol. The van der Waals surface area contributed by atoms with E-state index in [1.165, 1.54) is 5.57 Å². The molecule has 1 unspecified atom stereocenters. The van der Waals surface area contributed by atoms with E-state index in [9.17, 15) is 5.11 Å². The summed E-state index contributed by atoms with van der Waals surface area (Å²) >= 11 is 0. The second-order valence-corrected chi connectivity index (χ2v) is 2.96. The molecule has 1 nitrogen and oxygen atoms in total. The summed E-state index contributed by atoms with van der Waals surface area (Å²) in [6.07, 6.45) is 4.76. The smallest absolute Gasteiger partial charge is 0.0574 e. The van der Waals surface area contributed by atoms with Gasteiger partial charge in [-0.1, -0.05) is 25.0 Å². The Kier molecular flexibility index (Phi) is 5.32. The van der Waals surface area contributed by atoms with Gasteiger partial charge in [0.25, 0.3) is 0 Å². The van der Waals surface area contributed by atoms with E-state index in [4.69, 9.17) is 0 Å². The number of aliphatic hydroxyl groups excluding tert-OH is 1. The molecular weight excluding hydrogens is 124 g/mol. The fourth-order valence-corrected chi connectivity index (χ4v) is 0.823. The van der Waals surface area contributed by atoms with Gasteiger partial charge >= 0.3 is 0 Å². The van der Waals surface area contributed by atoms with Gasteiger partial charge in [-0.2, -0.15) is 0 Å². The van der Waals surface area contributed by atoms with Crippen molar-refractivity contribution in [2.45, 2.75) is 46.1 Å². The topological polar surface area (TPSA) is 20.2 Å². The minimum Gasteiger partial charge on any atom is -0.393 e. The largest absolute Gasteiger partial charge is 0.393 e. The van der Waals surface area contributed by atoms with Crippen molar-refractivity contribution >= 4 is 0 Å². The maximum Gasteiger partial charge on any atom is 0.0574 e. The van der Waals surface area contributed by atoms with Crippen molar-refractivity contribution in [1.29, 1.82) is 0 Å². The van der Waals surface area contributed by atoms with Crippen molar-refractivity contribution in [2.24, 2.45) is 0 Å². The maximum absolute atomic E-state index is 9.25. The van der Waals surface area contributed by atoms with Crippen LogP contribution in [-0.2, 0) is 0 Å². The van der Waals surface area contributed by atoms with E-state index >= 15 is 0 Å². The molecule has 0 saturated heterocycles. The minimum absolute atomic E-state index is 0.125. The van der Waals surface area contributed by atoms with E-state index in [0.717, 1.165) is 19.3 Å². The Morgan fingerprint density at radius 1 is 1.50 bits per heavy atom. The van der Waals surface area contributed by atoms with E-state index in [1.54, 1.807) is 0 Å². The van der Waals surface area contributed by atoms with Crippen molar-refractivity contribution in [2.75, 3.05) is 0 Å². The number of allylic oxidation sites excluding steroid dienone is 1. The molecule has 0 amide bonds. The lowest BCUT2D eigenvalue weighted by atomic mass is 10.1. The SMILES string of the molecule is CCCC(O)CC=C(C)C. The first kappa shape index (κ1) is 9.70. The lowest BCUT2D eigenvalue weighted by molar-refractivity contribution is 0.166. The summed E-state index contributed by atoms with van der Waals surface area (Å²) in [5.41, 5.74) is 1.29. The molecule has 0 aromatic carbocycles. The molecule has 1 atom stereocenters. The van der Waals surface area contributed by atoms with Gasteiger partial charge in [0.1, 0.15) is 0 Å². The summed E-state index contributed by atoms with van der Waals surface area (Å²) in [5, 5.41) is 9.25. The van der Waals surface area contributed by atoms with Gasteiger partial charge in [-0.15, -0.1) is 0 Å². The van der Waals surface area contributed by atoms with Crippen molar-refractivity contribution in [1.82, 2.24) is 0 Å². The molecule has 0 heterocycles. The Balaban J connectivity index is 3.38. The number of hydrogen-bond donors (Lipinski definition) is 1. The summed E-state index contributed by atoms with van der Waals surface area (Å²) in [6, 6.07) is 0. The first-order chi connectivity index (χ1) is 4.66. The average molecular weight is 142 g/mol. The lowest BCUT2D eigenvalue weighted by Crippen LogP contribution is -2.03. The summed E-state index contributed by atoms with van der Waals surface area (Å²) in [7, 11) is 0. The molecule has 0 saturated carbocycles. The molecule has 0 aromatic heterocycles. The van der Waals surface area contributed by atoms with Gasteiger partial charge in [-0.3, -0.25) is 0 Å². The van der Waals surface area contributed by atoms with E-state index in [-0.39, 0.29) is 6.10 Å². The number of hydrogen-bond acceptors (Lipinski definition) is 1. The molecule has 1 heteroatoms. The third-order valence-corrected chi connectivity index (χ3v) is 1.42.